The van der Waals surface area contributed by atoms with Crippen LogP contribution in [0.4, 0.5) is 0 Å². The highest BCUT2D eigenvalue weighted by Crippen LogP contribution is 2.08. The second-order valence-electron chi connectivity index (χ2n) is 2.89. The summed E-state index contributed by atoms with van der Waals surface area (Å²) in [6.07, 6.45) is 1.13. The van der Waals surface area contributed by atoms with Crippen molar-refractivity contribution in [3.8, 4) is 0 Å². The third-order valence-corrected chi connectivity index (χ3v) is 1.71. The minimum Gasteiger partial charge on any atom is -0.269 e. The summed E-state index contributed by atoms with van der Waals surface area (Å²) in [5.74, 6) is 6.24. The minimum absolute atomic E-state index is 0.532. The van der Waals surface area contributed by atoms with E-state index in [1.54, 1.807) is 5.01 Å². The Kier molecular flexibility index (Phi) is 3.82. The van der Waals surface area contributed by atoms with Gasteiger partial charge in [-0.05, 0) is 12.3 Å². The monoisotopic (exact) mass is 130 g/mol. The maximum absolute atomic E-state index is 5.58. The first kappa shape index (κ1) is 8.92. The number of nitrogens with zero attached hydrogens (tertiary/aromatic N) is 1. The average molecular weight is 130 g/mol. The van der Waals surface area contributed by atoms with Gasteiger partial charge in [-0.2, -0.15) is 0 Å². The van der Waals surface area contributed by atoms with Gasteiger partial charge in [-0.1, -0.05) is 20.8 Å². The molecule has 1 atom stereocenters. The molecule has 2 nitrogen and oxygen atoms in total. The molecule has 0 aromatic rings. The molecule has 0 aliphatic heterocycles. The Balaban J connectivity index is 3.68. The predicted octanol–water partition coefficient (Wildman–Crippen LogP) is 1.23. The zero-order valence-corrected chi connectivity index (χ0v) is 6.89. The van der Waals surface area contributed by atoms with E-state index in [0.29, 0.717) is 12.0 Å². The van der Waals surface area contributed by atoms with Crippen LogP contribution in [0.1, 0.15) is 27.2 Å². The van der Waals surface area contributed by atoms with Gasteiger partial charge in [0.15, 0.2) is 0 Å². The van der Waals surface area contributed by atoms with Crippen LogP contribution < -0.4 is 5.84 Å². The van der Waals surface area contributed by atoms with Gasteiger partial charge in [0, 0.05) is 13.1 Å². The lowest BCUT2D eigenvalue weighted by Crippen LogP contribution is -2.40. The highest BCUT2D eigenvalue weighted by molar-refractivity contribution is 4.65. The van der Waals surface area contributed by atoms with Gasteiger partial charge < -0.3 is 0 Å². The summed E-state index contributed by atoms with van der Waals surface area (Å²) >= 11 is 0. The zero-order valence-electron chi connectivity index (χ0n) is 6.89. The van der Waals surface area contributed by atoms with E-state index in [4.69, 9.17) is 5.84 Å². The van der Waals surface area contributed by atoms with E-state index < -0.39 is 0 Å². The van der Waals surface area contributed by atoms with E-state index in [2.05, 4.69) is 20.8 Å². The van der Waals surface area contributed by atoms with E-state index >= 15 is 0 Å². The summed E-state index contributed by atoms with van der Waals surface area (Å²) in [7, 11) is 1.92. The van der Waals surface area contributed by atoms with Gasteiger partial charge in [0.25, 0.3) is 0 Å². The van der Waals surface area contributed by atoms with Crippen LogP contribution in [-0.4, -0.2) is 18.1 Å². The highest BCUT2D eigenvalue weighted by Gasteiger charge is 2.12. The summed E-state index contributed by atoms with van der Waals surface area (Å²) in [5, 5.41) is 1.80. The van der Waals surface area contributed by atoms with Gasteiger partial charge in [0.05, 0.1) is 0 Å². The van der Waals surface area contributed by atoms with E-state index in [1.165, 1.54) is 0 Å². The fraction of sp³-hybridized carbons (Fsp3) is 1.00. The van der Waals surface area contributed by atoms with Crippen molar-refractivity contribution in [2.45, 2.75) is 33.2 Å². The number of hydrogen-bond donors (Lipinski definition) is 1. The molecule has 0 saturated heterocycles. The minimum atomic E-state index is 0.532. The molecule has 0 aliphatic rings. The normalized spacial score (nSPS) is 15.0. The molecule has 0 aromatic carbocycles. The molecule has 2 heteroatoms. The lowest BCUT2D eigenvalue weighted by Gasteiger charge is -2.25. The van der Waals surface area contributed by atoms with Crippen molar-refractivity contribution in [1.82, 2.24) is 5.01 Å². The third kappa shape index (κ3) is 2.82. The lowest BCUT2D eigenvalue weighted by molar-refractivity contribution is 0.190. The summed E-state index contributed by atoms with van der Waals surface area (Å²) < 4.78 is 0. The zero-order chi connectivity index (χ0) is 7.44. The first-order valence-electron chi connectivity index (χ1n) is 3.57. The SMILES string of the molecule is CCC(C(C)C)N(C)N. The van der Waals surface area contributed by atoms with Crippen LogP contribution in [0, 0.1) is 5.92 Å². The van der Waals surface area contributed by atoms with Crippen LogP contribution in [0.25, 0.3) is 0 Å². The number of rotatable bonds is 3. The highest BCUT2D eigenvalue weighted by atomic mass is 15.4. The lowest BCUT2D eigenvalue weighted by atomic mass is 10.0. The molecule has 9 heavy (non-hydrogen) atoms. The molecule has 56 valence electrons. The standard InChI is InChI=1S/C7H18N2/c1-5-7(6(2)3)9(4)8/h6-7H,5,8H2,1-4H3. The van der Waals surface area contributed by atoms with Gasteiger partial charge in [-0.25, -0.2) is 5.01 Å². The Morgan fingerprint density at radius 1 is 1.44 bits per heavy atom. The first-order valence-corrected chi connectivity index (χ1v) is 3.57. The van der Waals surface area contributed by atoms with Crippen LogP contribution in [-0.2, 0) is 0 Å². The van der Waals surface area contributed by atoms with Crippen molar-refractivity contribution in [2.24, 2.45) is 11.8 Å². The fourth-order valence-corrected chi connectivity index (χ4v) is 1.23. The van der Waals surface area contributed by atoms with Crippen LogP contribution in [0.3, 0.4) is 0 Å². The molecule has 0 saturated carbocycles. The molecule has 2 N–H and O–H groups in total. The molecular formula is C7H18N2. The molecule has 0 fully saturated rings. The second kappa shape index (κ2) is 3.85. The molecule has 0 aliphatic carbocycles. The summed E-state index contributed by atoms with van der Waals surface area (Å²) in [6.45, 7) is 6.54. The molecule has 0 rings (SSSR count). The van der Waals surface area contributed by atoms with Crippen LogP contribution in [0.15, 0.2) is 0 Å². The Hall–Kier alpha value is -0.0800. The van der Waals surface area contributed by atoms with E-state index in [9.17, 15) is 0 Å². The fourth-order valence-electron chi connectivity index (χ4n) is 1.23. The molecule has 0 spiro atoms. The quantitative estimate of drug-likeness (QED) is 0.460. The van der Waals surface area contributed by atoms with Crippen molar-refractivity contribution in [3.05, 3.63) is 0 Å². The first-order chi connectivity index (χ1) is 4.09. The van der Waals surface area contributed by atoms with Gasteiger partial charge in [-0.3, -0.25) is 5.84 Å². The molecule has 0 aromatic heterocycles. The largest absolute Gasteiger partial charge is 0.269 e. The topological polar surface area (TPSA) is 29.3 Å². The Morgan fingerprint density at radius 3 is 1.89 bits per heavy atom. The number of hydrogen-bond acceptors (Lipinski definition) is 2. The third-order valence-electron chi connectivity index (χ3n) is 1.71. The van der Waals surface area contributed by atoms with Crippen LogP contribution in [0.5, 0.6) is 0 Å². The summed E-state index contributed by atoms with van der Waals surface area (Å²) in [5.41, 5.74) is 0. The number of hydrazine groups is 1. The van der Waals surface area contributed by atoms with E-state index in [1.807, 2.05) is 7.05 Å². The summed E-state index contributed by atoms with van der Waals surface area (Å²) in [4.78, 5) is 0. The van der Waals surface area contributed by atoms with Gasteiger partial charge in [-0.15, -0.1) is 0 Å². The van der Waals surface area contributed by atoms with E-state index in [-0.39, 0.29) is 0 Å². The molecular weight excluding hydrogens is 112 g/mol. The molecule has 0 bridgehead atoms. The van der Waals surface area contributed by atoms with E-state index in [0.717, 1.165) is 6.42 Å². The number of nitrogens with two attached hydrogens (primary N) is 1. The molecule has 0 radical (unpaired) electrons. The summed E-state index contributed by atoms with van der Waals surface area (Å²) in [6, 6.07) is 0.532. The van der Waals surface area contributed by atoms with Gasteiger partial charge in [0.1, 0.15) is 0 Å². The smallest absolute Gasteiger partial charge is 0.0258 e. The average Bonchev–Trinajstić information content (AvgIpc) is 1.64. The Bertz CT molecular complexity index is 61.3. The van der Waals surface area contributed by atoms with Gasteiger partial charge >= 0.3 is 0 Å². The van der Waals surface area contributed by atoms with Crippen molar-refractivity contribution < 1.29 is 0 Å². The predicted molar refractivity (Wildman–Crippen MR) is 40.9 cm³/mol. The molecule has 1 unspecified atom stereocenters. The second-order valence-corrected chi connectivity index (χ2v) is 2.89. The van der Waals surface area contributed by atoms with Crippen molar-refractivity contribution >= 4 is 0 Å². The Morgan fingerprint density at radius 2 is 1.89 bits per heavy atom. The van der Waals surface area contributed by atoms with Crippen molar-refractivity contribution in [1.29, 1.82) is 0 Å². The van der Waals surface area contributed by atoms with Crippen molar-refractivity contribution in [2.75, 3.05) is 7.05 Å². The van der Waals surface area contributed by atoms with Crippen LogP contribution >= 0.6 is 0 Å². The van der Waals surface area contributed by atoms with Crippen LogP contribution in [0.2, 0.25) is 0 Å². The molecule has 0 amide bonds. The maximum Gasteiger partial charge on any atom is 0.0258 e. The van der Waals surface area contributed by atoms with Crippen molar-refractivity contribution in [3.63, 3.8) is 0 Å². The molecule has 0 heterocycles. The maximum atomic E-state index is 5.58. The Labute approximate surface area is 58.0 Å². The van der Waals surface area contributed by atoms with Gasteiger partial charge in [0.2, 0.25) is 0 Å².